The Morgan fingerprint density at radius 3 is 2.62 bits per heavy atom. The summed E-state index contributed by atoms with van der Waals surface area (Å²) in [5.41, 5.74) is 5.04. The van der Waals surface area contributed by atoms with Gasteiger partial charge in [0.2, 0.25) is 0 Å². The van der Waals surface area contributed by atoms with Gasteiger partial charge in [-0.1, -0.05) is 30.4 Å². The standard InChI is InChI=1S/C14H22OSi/c1-16(2,3)14-7-10-5-4-6-11(10)12-8-15-9-13(12)14/h10H,4-9H2,1-3H3. The van der Waals surface area contributed by atoms with E-state index in [-0.39, 0.29) is 0 Å². The Kier molecular flexibility index (Phi) is 2.41. The van der Waals surface area contributed by atoms with Gasteiger partial charge < -0.3 is 4.74 Å². The molecule has 3 rings (SSSR count). The summed E-state index contributed by atoms with van der Waals surface area (Å²) in [5.74, 6) is 0.891. The molecule has 2 fully saturated rings. The molecule has 2 heteroatoms. The second-order valence-electron chi connectivity index (χ2n) is 6.50. The average Bonchev–Trinajstić information content (AvgIpc) is 2.82. The van der Waals surface area contributed by atoms with Crippen LogP contribution in [0, 0.1) is 5.92 Å². The van der Waals surface area contributed by atoms with Crippen LogP contribution in [-0.4, -0.2) is 21.3 Å². The maximum atomic E-state index is 5.73. The van der Waals surface area contributed by atoms with E-state index in [0.29, 0.717) is 0 Å². The van der Waals surface area contributed by atoms with Crippen molar-refractivity contribution in [3.05, 3.63) is 21.9 Å². The van der Waals surface area contributed by atoms with Gasteiger partial charge in [-0.15, -0.1) is 0 Å². The largest absolute Gasteiger partial charge is 0.372 e. The van der Waals surface area contributed by atoms with E-state index in [4.69, 9.17) is 4.74 Å². The topological polar surface area (TPSA) is 9.23 Å². The highest BCUT2D eigenvalue weighted by atomic mass is 28.3. The van der Waals surface area contributed by atoms with Crippen molar-refractivity contribution in [1.82, 2.24) is 0 Å². The number of rotatable bonds is 1. The van der Waals surface area contributed by atoms with Gasteiger partial charge in [0.05, 0.1) is 21.3 Å². The molecule has 1 saturated heterocycles. The van der Waals surface area contributed by atoms with E-state index in [1.807, 2.05) is 5.20 Å². The van der Waals surface area contributed by atoms with E-state index in [9.17, 15) is 0 Å². The quantitative estimate of drug-likeness (QED) is 0.629. The summed E-state index contributed by atoms with van der Waals surface area (Å²) >= 11 is 0. The van der Waals surface area contributed by atoms with Crippen LogP contribution in [-0.2, 0) is 4.74 Å². The van der Waals surface area contributed by atoms with E-state index in [1.54, 1.807) is 16.7 Å². The summed E-state index contributed by atoms with van der Waals surface area (Å²) in [4.78, 5) is 0. The highest BCUT2D eigenvalue weighted by Crippen LogP contribution is 2.47. The van der Waals surface area contributed by atoms with Crippen molar-refractivity contribution in [1.29, 1.82) is 0 Å². The van der Waals surface area contributed by atoms with Crippen molar-refractivity contribution in [3.8, 4) is 0 Å². The van der Waals surface area contributed by atoms with Crippen molar-refractivity contribution >= 4 is 8.07 Å². The first kappa shape index (κ1) is 10.8. The molecule has 16 heavy (non-hydrogen) atoms. The van der Waals surface area contributed by atoms with Crippen LogP contribution in [0.5, 0.6) is 0 Å². The SMILES string of the molecule is C[Si](C)(C)C1=C2COCC2=C2CCCC2C1. The second-order valence-corrected chi connectivity index (χ2v) is 11.6. The summed E-state index contributed by atoms with van der Waals surface area (Å²) < 4.78 is 5.73. The van der Waals surface area contributed by atoms with E-state index < -0.39 is 8.07 Å². The summed E-state index contributed by atoms with van der Waals surface area (Å²) in [6.45, 7) is 9.29. The third-order valence-corrected chi connectivity index (χ3v) is 6.77. The molecule has 0 aromatic carbocycles. The average molecular weight is 234 g/mol. The van der Waals surface area contributed by atoms with Crippen LogP contribution in [0.25, 0.3) is 0 Å². The van der Waals surface area contributed by atoms with Gasteiger partial charge in [0.1, 0.15) is 0 Å². The number of allylic oxidation sites excluding steroid dienone is 2. The molecule has 0 amide bonds. The molecule has 0 aromatic rings. The smallest absolute Gasteiger partial charge is 0.0729 e. The molecule has 1 atom stereocenters. The lowest BCUT2D eigenvalue weighted by molar-refractivity contribution is 0.214. The van der Waals surface area contributed by atoms with Crippen LogP contribution in [0.1, 0.15) is 25.7 Å². The Balaban J connectivity index is 2.10. The molecule has 1 saturated carbocycles. The minimum Gasteiger partial charge on any atom is -0.372 e. The summed E-state index contributed by atoms with van der Waals surface area (Å²) in [6, 6.07) is 0. The van der Waals surface area contributed by atoms with Gasteiger partial charge in [-0.3, -0.25) is 0 Å². The predicted octanol–water partition coefficient (Wildman–Crippen LogP) is 3.69. The fraction of sp³-hybridized carbons (Fsp3) is 0.714. The molecule has 2 aliphatic carbocycles. The first-order valence-corrected chi connectivity index (χ1v) is 10.1. The lowest BCUT2D eigenvalue weighted by atomic mass is 9.86. The van der Waals surface area contributed by atoms with Crippen LogP contribution in [0.3, 0.4) is 0 Å². The summed E-state index contributed by atoms with van der Waals surface area (Å²) in [6.07, 6.45) is 5.56. The normalized spacial score (nSPS) is 29.8. The molecule has 3 aliphatic rings. The lowest BCUT2D eigenvalue weighted by Crippen LogP contribution is -2.30. The molecule has 1 unspecified atom stereocenters. The van der Waals surface area contributed by atoms with Gasteiger partial charge in [-0.2, -0.15) is 0 Å². The third kappa shape index (κ3) is 1.54. The van der Waals surface area contributed by atoms with Crippen molar-refractivity contribution in [3.63, 3.8) is 0 Å². The van der Waals surface area contributed by atoms with Gasteiger partial charge in [0.15, 0.2) is 0 Å². The van der Waals surface area contributed by atoms with Gasteiger partial charge >= 0.3 is 0 Å². The van der Waals surface area contributed by atoms with Crippen molar-refractivity contribution in [2.24, 2.45) is 5.92 Å². The molecule has 1 aliphatic heterocycles. The molecule has 0 bridgehead atoms. The monoisotopic (exact) mass is 234 g/mol. The minimum absolute atomic E-state index is 0.891. The molecule has 0 aromatic heterocycles. The lowest BCUT2D eigenvalue weighted by Gasteiger charge is -2.31. The highest BCUT2D eigenvalue weighted by molar-refractivity contribution is 6.83. The van der Waals surface area contributed by atoms with E-state index in [1.165, 1.54) is 25.7 Å². The van der Waals surface area contributed by atoms with Gasteiger partial charge in [-0.05, 0) is 42.7 Å². The Morgan fingerprint density at radius 1 is 1.12 bits per heavy atom. The number of hydrogen-bond acceptors (Lipinski definition) is 1. The van der Waals surface area contributed by atoms with E-state index in [2.05, 4.69) is 19.6 Å². The second kappa shape index (κ2) is 3.57. The zero-order chi connectivity index (χ0) is 11.3. The fourth-order valence-corrected chi connectivity index (χ4v) is 5.64. The Hall–Kier alpha value is -0.343. The highest BCUT2D eigenvalue weighted by Gasteiger charge is 2.37. The molecule has 1 heterocycles. The van der Waals surface area contributed by atoms with E-state index >= 15 is 0 Å². The molecule has 0 spiro atoms. The molecule has 0 radical (unpaired) electrons. The Morgan fingerprint density at radius 2 is 1.88 bits per heavy atom. The van der Waals surface area contributed by atoms with Crippen LogP contribution in [0.2, 0.25) is 19.6 Å². The van der Waals surface area contributed by atoms with Crippen LogP contribution in [0.4, 0.5) is 0 Å². The van der Waals surface area contributed by atoms with Crippen molar-refractivity contribution in [2.75, 3.05) is 13.2 Å². The van der Waals surface area contributed by atoms with Gasteiger partial charge in [0, 0.05) is 0 Å². The Labute approximate surface area is 99.6 Å². The molecule has 0 N–H and O–H groups in total. The summed E-state index contributed by atoms with van der Waals surface area (Å²) in [5, 5.41) is 1.82. The zero-order valence-electron chi connectivity index (χ0n) is 10.7. The molecular weight excluding hydrogens is 212 g/mol. The van der Waals surface area contributed by atoms with Crippen molar-refractivity contribution < 1.29 is 4.74 Å². The van der Waals surface area contributed by atoms with Crippen LogP contribution < -0.4 is 0 Å². The number of ether oxygens (including phenoxy) is 1. The molecule has 88 valence electrons. The predicted molar refractivity (Wildman–Crippen MR) is 70.2 cm³/mol. The minimum atomic E-state index is -1.14. The van der Waals surface area contributed by atoms with E-state index in [0.717, 1.165) is 19.1 Å². The van der Waals surface area contributed by atoms with Crippen LogP contribution in [0.15, 0.2) is 21.9 Å². The van der Waals surface area contributed by atoms with Gasteiger partial charge in [-0.25, -0.2) is 0 Å². The number of fused-ring (bicyclic) bond motifs is 2. The molecule has 1 nitrogen and oxygen atoms in total. The third-order valence-electron chi connectivity index (χ3n) is 4.46. The molecular formula is C14H22OSi. The van der Waals surface area contributed by atoms with Crippen molar-refractivity contribution in [2.45, 2.75) is 45.3 Å². The number of hydrogen-bond donors (Lipinski definition) is 0. The maximum Gasteiger partial charge on any atom is 0.0729 e. The Bertz CT molecular complexity index is 384. The van der Waals surface area contributed by atoms with Gasteiger partial charge in [0.25, 0.3) is 0 Å². The zero-order valence-corrected chi connectivity index (χ0v) is 11.7. The first-order valence-electron chi connectivity index (χ1n) is 6.60. The first-order chi connectivity index (χ1) is 7.57. The van der Waals surface area contributed by atoms with Crippen LogP contribution >= 0.6 is 0 Å². The summed E-state index contributed by atoms with van der Waals surface area (Å²) in [7, 11) is -1.14. The fourth-order valence-electron chi connectivity index (χ4n) is 3.65. The maximum absolute atomic E-state index is 5.73.